The highest BCUT2D eigenvalue weighted by Gasteiger charge is 2.45. The van der Waals surface area contributed by atoms with E-state index in [0.29, 0.717) is 17.2 Å². The fraction of sp³-hybridized carbons (Fsp3) is 0.500. The maximum atomic E-state index is 12.1. The summed E-state index contributed by atoms with van der Waals surface area (Å²) in [7, 11) is 3.11. The van der Waals surface area contributed by atoms with Crippen LogP contribution in [0.25, 0.3) is 0 Å². The van der Waals surface area contributed by atoms with Crippen molar-refractivity contribution in [2.24, 2.45) is 0 Å². The number of hydrogen-bond acceptors (Lipinski definition) is 4. The summed E-state index contributed by atoms with van der Waals surface area (Å²) in [4.78, 5) is 12.1. The molecule has 5 nitrogen and oxygen atoms in total. The van der Waals surface area contributed by atoms with Crippen LogP contribution in [0, 0.1) is 12.3 Å². The summed E-state index contributed by atoms with van der Waals surface area (Å²) in [6, 6.07) is 3.55. The monoisotopic (exact) mass is 317 g/mol. The first-order valence-corrected chi connectivity index (χ1v) is 7.49. The van der Waals surface area contributed by atoms with Crippen LogP contribution in [0.15, 0.2) is 12.1 Å². The molecule has 23 heavy (non-hydrogen) atoms. The van der Waals surface area contributed by atoms with Gasteiger partial charge >= 0.3 is 6.09 Å². The van der Waals surface area contributed by atoms with Gasteiger partial charge in [0.1, 0.15) is 5.60 Å². The molecule has 1 amide bonds. The summed E-state index contributed by atoms with van der Waals surface area (Å²) in [5.41, 5.74) is 0.504. The van der Waals surface area contributed by atoms with E-state index in [1.165, 1.54) is 0 Å². The Morgan fingerprint density at radius 1 is 1.22 bits per heavy atom. The topological polar surface area (TPSA) is 56.8 Å². The largest absolute Gasteiger partial charge is 0.493 e. The van der Waals surface area contributed by atoms with Gasteiger partial charge in [-0.25, -0.2) is 4.79 Å². The molecular formula is C18H23NO4. The predicted molar refractivity (Wildman–Crippen MR) is 89.1 cm³/mol. The second-order valence-electron chi connectivity index (χ2n) is 6.61. The normalized spacial score (nSPS) is 15.3. The van der Waals surface area contributed by atoms with Crippen molar-refractivity contribution in [2.45, 2.75) is 44.6 Å². The van der Waals surface area contributed by atoms with Crippen molar-refractivity contribution in [3.05, 3.63) is 17.7 Å². The summed E-state index contributed by atoms with van der Waals surface area (Å²) in [6.07, 6.45) is 6.92. The maximum absolute atomic E-state index is 12.1. The molecule has 0 aliphatic heterocycles. The highest BCUT2D eigenvalue weighted by Crippen LogP contribution is 2.52. The van der Waals surface area contributed by atoms with Crippen LogP contribution in [0.1, 0.15) is 39.2 Å². The van der Waals surface area contributed by atoms with Crippen LogP contribution in [0.3, 0.4) is 0 Å². The van der Waals surface area contributed by atoms with Gasteiger partial charge in [-0.05, 0) is 45.2 Å². The minimum Gasteiger partial charge on any atom is -0.493 e. The molecule has 1 aromatic carbocycles. The molecule has 0 bridgehead atoms. The number of methoxy groups -OCH3 is 2. The molecular weight excluding hydrogens is 294 g/mol. The molecule has 0 saturated heterocycles. The lowest BCUT2D eigenvalue weighted by atomic mass is 9.94. The highest BCUT2D eigenvalue weighted by atomic mass is 16.6. The summed E-state index contributed by atoms with van der Waals surface area (Å²) in [5.74, 6) is 3.94. The van der Waals surface area contributed by atoms with Gasteiger partial charge in [-0.3, -0.25) is 5.32 Å². The van der Waals surface area contributed by atoms with E-state index in [1.807, 2.05) is 26.8 Å². The van der Waals surface area contributed by atoms with Crippen LogP contribution < -0.4 is 14.8 Å². The van der Waals surface area contributed by atoms with Gasteiger partial charge in [0.15, 0.2) is 11.5 Å². The predicted octanol–water partition coefficient (Wildman–Crippen LogP) is 3.72. The van der Waals surface area contributed by atoms with Crippen LogP contribution in [0.5, 0.6) is 11.5 Å². The number of ether oxygens (including phenoxy) is 3. The standard InChI is InChI=1S/C18H23NO4/c1-7-18(8-9-18)12-10-14(21-5)15(22-6)11-13(12)19-16(20)23-17(2,3)4/h1,10-11H,8-9H2,2-6H3,(H,19,20). The lowest BCUT2D eigenvalue weighted by molar-refractivity contribution is 0.0635. The van der Waals surface area contributed by atoms with Gasteiger partial charge < -0.3 is 14.2 Å². The van der Waals surface area contributed by atoms with E-state index < -0.39 is 11.7 Å². The number of anilines is 1. The van der Waals surface area contributed by atoms with E-state index in [9.17, 15) is 4.79 Å². The summed E-state index contributed by atoms with van der Waals surface area (Å²) in [6.45, 7) is 5.43. The quantitative estimate of drug-likeness (QED) is 0.860. The molecule has 0 unspecified atom stereocenters. The molecule has 0 spiro atoms. The number of hydrogen-bond donors (Lipinski definition) is 1. The summed E-state index contributed by atoms with van der Waals surface area (Å²) < 4.78 is 16.0. The number of terminal acetylenes is 1. The van der Waals surface area contributed by atoms with E-state index >= 15 is 0 Å². The van der Waals surface area contributed by atoms with Gasteiger partial charge in [0.25, 0.3) is 0 Å². The number of rotatable bonds is 4. The van der Waals surface area contributed by atoms with Gasteiger partial charge in [-0.1, -0.05) is 5.92 Å². The van der Waals surface area contributed by atoms with Gasteiger partial charge in [-0.15, -0.1) is 6.42 Å². The molecule has 1 aliphatic carbocycles. The Hall–Kier alpha value is -2.35. The van der Waals surface area contributed by atoms with E-state index in [4.69, 9.17) is 20.6 Å². The number of carbonyl (C=O) groups is 1. The smallest absolute Gasteiger partial charge is 0.412 e. The molecule has 1 aliphatic rings. The van der Waals surface area contributed by atoms with Crippen molar-refractivity contribution in [3.63, 3.8) is 0 Å². The van der Waals surface area contributed by atoms with Gasteiger partial charge in [0, 0.05) is 6.07 Å². The Labute approximate surface area is 137 Å². The fourth-order valence-electron chi connectivity index (χ4n) is 2.41. The molecule has 0 aromatic heterocycles. The highest BCUT2D eigenvalue weighted by molar-refractivity contribution is 5.87. The van der Waals surface area contributed by atoms with Crippen molar-refractivity contribution in [1.29, 1.82) is 0 Å². The Morgan fingerprint density at radius 2 is 1.78 bits per heavy atom. The van der Waals surface area contributed by atoms with Gasteiger partial charge in [0.2, 0.25) is 0 Å². The SMILES string of the molecule is C#CC1(c2cc(OC)c(OC)cc2NC(=O)OC(C)(C)C)CC1. The van der Waals surface area contributed by atoms with Gasteiger partial charge in [0.05, 0.1) is 25.3 Å². The van der Waals surface area contributed by atoms with Crippen LogP contribution in [-0.4, -0.2) is 25.9 Å². The Kier molecular flexibility index (Phi) is 4.46. The lowest BCUT2D eigenvalue weighted by Crippen LogP contribution is -2.28. The molecule has 1 fully saturated rings. The van der Waals surface area contributed by atoms with Crippen LogP contribution in [0.4, 0.5) is 10.5 Å². The molecule has 2 rings (SSSR count). The Morgan fingerprint density at radius 3 is 2.22 bits per heavy atom. The average molecular weight is 317 g/mol. The molecule has 1 aromatic rings. The molecule has 1 N–H and O–H groups in total. The number of nitrogens with one attached hydrogen (secondary N) is 1. The van der Waals surface area contributed by atoms with Crippen LogP contribution in [-0.2, 0) is 10.2 Å². The molecule has 0 heterocycles. The first-order valence-electron chi connectivity index (χ1n) is 7.49. The zero-order valence-corrected chi connectivity index (χ0v) is 14.3. The minimum absolute atomic E-state index is 0.357. The van der Waals surface area contributed by atoms with E-state index in [2.05, 4.69) is 11.2 Å². The fourth-order valence-corrected chi connectivity index (χ4v) is 2.41. The zero-order valence-electron chi connectivity index (χ0n) is 14.3. The average Bonchev–Trinajstić information content (AvgIpc) is 3.25. The second-order valence-corrected chi connectivity index (χ2v) is 6.61. The van der Waals surface area contributed by atoms with Gasteiger partial charge in [-0.2, -0.15) is 0 Å². The first-order chi connectivity index (χ1) is 10.7. The van der Waals surface area contributed by atoms with E-state index in [1.54, 1.807) is 20.3 Å². The molecule has 5 heteroatoms. The third kappa shape index (κ3) is 3.70. The molecule has 0 radical (unpaired) electrons. The zero-order chi connectivity index (χ0) is 17.3. The van der Waals surface area contributed by atoms with Crippen molar-refractivity contribution in [2.75, 3.05) is 19.5 Å². The van der Waals surface area contributed by atoms with Crippen molar-refractivity contribution < 1.29 is 19.0 Å². The summed E-state index contributed by atoms with van der Waals surface area (Å²) >= 11 is 0. The molecule has 1 saturated carbocycles. The maximum Gasteiger partial charge on any atom is 0.412 e. The number of carbonyl (C=O) groups excluding carboxylic acids is 1. The lowest BCUT2D eigenvalue weighted by Gasteiger charge is -2.22. The third-order valence-corrected chi connectivity index (χ3v) is 3.70. The minimum atomic E-state index is -0.579. The number of benzene rings is 1. The van der Waals surface area contributed by atoms with E-state index in [-0.39, 0.29) is 5.41 Å². The van der Waals surface area contributed by atoms with E-state index in [0.717, 1.165) is 18.4 Å². The number of amides is 1. The summed E-state index contributed by atoms with van der Waals surface area (Å²) in [5, 5.41) is 2.78. The Bertz CT molecular complexity index is 648. The molecule has 0 atom stereocenters. The van der Waals surface area contributed by atoms with Crippen molar-refractivity contribution >= 4 is 11.8 Å². The van der Waals surface area contributed by atoms with Crippen LogP contribution >= 0.6 is 0 Å². The van der Waals surface area contributed by atoms with Crippen molar-refractivity contribution in [1.82, 2.24) is 0 Å². The van der Waals surface area contributed by atoms with Crippen molar-refractivity contribution in [3.8, 4) is 23.8 Å². The second kappa shape index (κ2) is 6.04. The third-order valence-electron chi connectivity index (χ3n) is 3.70. The molecule has 124 valence electrons. The first kappa shape index (κ1) is 17.0. The van der Waals surface area contributed by atoms with Crippen LogP contribution in [0.2, 0.25) is 0 Å². The Balaban J connectivity index is 2.40.